The molecule has 0 spiro atoms. The van der Waals surface area contributed by atoms with Gasteiger partial charge in [-0.2, -0.15) is 0 Å². The maximum absolute atomic E-state index is 12.1. The van der Waals surface area contributed by atoms with Crippen LogP contribution in [0, 0.1) is 6.92 Å². The molecule has 1 amide bonds. The number of carbonyl (C=O) groups excluding carboxylic acids is 1. The van der Waals surface area contributed by atoms with Crippen molar-refractivity contribution in [3.8, 4) is 5.75 Å². The van der Waals surface area contributed by atoms with Crippen molar-refractivity contribution in [2.24, 2.45) is 0 Å². The zero-order valence-electron chi connectivity index (χ0n) is 13.4. The van der Waals surface area contributed by atoms with Crippen molar-refractivity contribution in [2.45, 2.75) is 33.2 Å². The fourth-order valence-corrected chi connectivity index (χ4v) is 2.29. The van der Waals surface area contributed by atoms with Gasteiger partial charge in [0.2, 0.25) is 5.91 Å². The van der Waals surface area contributed by atoms with Crippen LogP contribution in [-0.2, 0) is 11.2 Å². The third-order valence-corrected chi connectivity index (χ3v) is 3.55. The molecule has 0 fully saturated rings. The van der Waals surface area contributed by atoms with Gasteiger partial charge in [-0.3, -0.25) is 4.79 Å². The van der Waals surface area contributed by atoms with Gasteiger partial charge in [0.1, 0.15) is 5.75 Å². The van der Waals surface area contributed by atoms with Gasteiger partial charge in [-0.1, -0.05) is 42.0 Å². The molecule has 2 aromatic carbocycles. The predicted molar refractivity (Wildman–Crippen MR) is 89.1 cm³/mol. The van der Waals surface area contributed by atoms with E-state index >= 15 is 0 Å². The Morgan fingerprint density at radius 2 is 1.73 bits per heavy atom. The number of ether oxygens (including phenoxy) is 1. The summed E-state index contributed by atoms with van der Waals surface area (Å²) in [5.41, 5.74) is 3.30. The second-order valence-electron chi connectivity index (χ2n) is 5.45. The van der Waals surface area contributed by atoms with E-state index in [1.807, 2.05) is 69.3 Å². The highest BCUT2D eigenvalue weighted by Gasteiger charge is 2.10. The maximum Gasteiger partial charge on any atom is 0.224 e. The average Bonchev–Trinajstić information content (AvgIpc) is 2.50. The molecular weight excluding hydrogens is 274 g/mol. The molecule has 0 aliphatic rings. The van der Waals surface area contributed by atoms with Crippen molar-refractivity contribution in [1.82, 2.24) is 5.32 Å². The Morgan fingerprint density at radius 1 is 1.09 bits per heavy atom. The first-order valence-electron chi connectivity index (χ1n) is 7.66. The summed E-state index contributed by atoms with van der Waals surface area (Å²) in [4.78, 5) is 12.1. The van der Waals surface area contributed by atoms with Crippen molar-refractivity contribution >= 4 is 5.91 Å². The highest BCUT2D eigenvalue weighted by molar-refractivity contribution is 5.79. The lowest BCUT2D eigenvalue weighted by Gasteiger charge is -2.15. The fourth-order valence-electron chi connectivity index (χ4n) is 2.29. The maximum atomic E-state index is 12.1. The number of aryl methyl sites for hydroxylation is 1. The summed E-state index contributed by atoms with van der Waals surface area (Å²) in [6.45, 7) is 6.64. The first-order chi connectivity index (χ1) is 10.6. The molecule has 0 saturated heterocycles. The molecule has 0 aliphatic heterocycles. The number of carbonyl (C=O) groups is 1. The number of hydrogen-bond acceptors (Lipinski definition) is 2. The summed E-state index contributed by atoms with van der Waals surface area (Å²) >= 11 is 0. The third-order valence-electron chi connectivity index (χ3n) is 3.55. The van der Waals surface area contributed by atoms with Gasteiger partial charge in [-0.25, -0.2) is 0 Å². The summed E-state index contributed by atoms with van der Waals surface area (Å²) in [5, 5.41) is 3.03. The number of hydrogen-bond donors (Lipinski definition) is 1. The summed E-state index contributed by atoms with van der Waals surface area (Å²) in [7, 11) is 0. The number of amides is 1. The van der Waals surface area contributed by atoms with E-state index in [4.69, 9.17) is 4.74 Å². The van der Waals surface area contributed by atoms with Crippen LogP contribution in [0.4, 0.5) is 0 Å². The Kier molecular flexibility index (Phi) is 5.59. The van der Waals surface area contributed by atoms with Crippen molar-refractivity contribution in [3.05, 3.63) is 65.2 Å². The Balaban J connectivity index is 1.91. The van der Waals surface area contributed by atoms with Gasteiger partial charge in [0.15, 0.2) is 0 Å². The van der Waals surface area contributed by atoms with Gasteiger partial charge in [-0.15, -0.1) is 0 Å². The van der Waals surface area contributed by atoms with Crippen LogP contribution in [0.1, 0.15) is 36.6 Å². The molecule has 0 unspecified atom stereocenters. The van der Waals surface area contributed by atoms with Crippen LogP contribution in [0.5, 0.6) is 5.75 Å². The molecule has 0 aromatic heterocycles. The van der Waals surface area contributed by atoms with E-state index in [-0.39, 0.29) is 11.9 Å². The highest BCUT2D eigenvalue weighted by Crippen LogP contribution is 2.17. The first kappa shape index (κ1) is 16.1. The number of nitrogens with one attached hydrogen (secondary N) is 1. The Bertz CT molecular complexity index is 602. The van der Waals surface area contributed by atoms with Crippen LogP contribution in [0.25, 0.3) is 0 Å². The average molecular weight is 297 g/mol. The largest absolute Gasteiger partial charge is 0.494 e. The smallest absolute Gasteiger partial charge is 0.224 e. The summed E-state index contributed by atoms with van der Waals surface area (Å²) in [6.07, 6.45) is 0.404. The van der Waals surface area contributed by atoms with Crippen LogP contribution in [0.3, 0.4) is 0 Å². The van der Waals surface area contributed by atoms with E-state index < -0.39 is 0 Å². The second-order valence-corrected chi connectivity index (χ2v) is 5.45. The van der Waals surface area contributed by atoms with E-state index in [9.17, 15) is 4.79 Å². The van der Waals surface area contributed by atoms with Gasteiger partial charge in [0.05, 0.1) is 19.1 Å². The minimum Gasteiger partial charge on any atom is -0.494 e. The monoisotopic (exact) mass is 297 g/mol. The fraction of sp³-hybridized carbons (Fsp3) is 0.316. The van der Waals surface area contributed by atoms with Gasteiger partial charge >= 0.3 is 0 Å². The quantitative estimate of drug-likeness (QED) is 0.880. The summed E-state index contributed by atoms with van der Waals surface area (Å²) < 4.78 is 5.42. The van der Waals surface area contributed by atoms with Crippen molar-refractivity contribution in [1.29, 1.82) is 0 Å². The number of rotatable bonds is 6. The molecule has 22 heavy (non-hydrogen) atoms. The lowest BCUT2D eigenvalue weighted by atomic mass is 10.1. The molecule has 0 radical (unpaired) electrons. The minimum atomic E-state index is -0.0198. The van der Waals surface area contributed by atoms with Crippen molar-refractivity contribution in [2.75, 3.05) is 6.61 Å². The molecule has 3 nitrogen and oxygen atoms in total. The van der Waals surface area contributed by atoms with Gasteiger partial charge in [0.25, 0.3) is 0 Å². The van der Waals surface area contributed by atoms with Crippen molar-refractivity contribution in [3.63, 3.8) is 0 Å². The SMILES string of the molecule is CCOc1ccc([C@H](C)NC(=O)Cc2ccc(C)cc2)cc1. The summed E-state index contributed by atoms with van der Waals surface area (Å²) in [6, 6.07) is 15.9. The number of benzene rings is 2. The molecule has 2 aromatic rings. The molecule has 2 rings (SSSR count). The lowest BCUT2D eigenvalue weighted by Crippen LogP contribution is -2.28. The second kappa shape index (κ2) is 7.64. The molecule has 116 valence electrons. The molecule has 1 atom stereocenters. The molecule has 0 heterocycles. The molecule has 1 N–H and O–H groups in total. The topological polar surface area (TPSA) is 38.3 Å². The van der Waals surface area contributed by atoms with Crippen LogP contribution in [0.2, 0.25) is 0 Å². The van der Waals surface area contributed by atoms with Gasteiger partial charge < -0.3 is 10.1 Å². The molecule has 0 bridgehead atoms. The Labute approximate surface area is 132 Å². The standard InChI is InChI=1S/C19H23NO2/c1-4-22-18-11-9-17(10-12-18)15(3)20-19(21)13-16-7-5-14(2)6-8-16/h5-12,15H,4,13H2,1-3H3,(H,20,21)/t15-/m0/s1. The van der Waals surface area contributed by atoms with Crippen LogP contribution in [0.15, 0.2) is 48.5 Å². The Morgan fingerprint density at radius 3 is 2.32 bits per heavy atom. The minimum absolute atomic E-state index is 0.0198. The van der Waals surface area contributed by atoms with E-state index in [2.05, 4.69) is 5.32 Å². The molecular formula is C19H23NO2. The predicted octanol–water partition coefficient (Wildman–Crippen LogP) is 3.81. The third kappa shape index (κ3) is 4.62. The summed E-state index contributed by atoms with van der Waals surface area (Å²) in [5.74, 6) is 0.884. The first-order valence-corrected chi connectivity index (χ1v) is 7.66. The van der Waals surface area contributed by atoms with Gasteiger partial charge in [0, 0.05) is 0 Å². The highest BCUT2D eigenvalue weighted by atomic mass is 16.5. The Hall–Kier alpha value is -2.29. The molecule has 0 aliphatic carbocycles. The molecule has 3 heteroatoms. The van der Waals surface area contributed by atoms with E-state index in [1.54, 1.807) is 0 Å². The lowest BCUT2D eigenvalue weighted by molar-refractivity contribution is -0.121. The zero-order valence-corrected chi connectivity index (χ0v) is 13.4. The van der Waals surface area contributed by atoms with Gasteiger partial charge in [-0.05, 0) is 44.0 Å². The molecule has 0 saturated carbocycles. The van der Waals surface area contributed by atoms with Crippen LogP contribution in [-0.4, -0.2) is 12.5 Å². The van der Waals surface area contributed by atoms with E-state index in [0.717, 1.165) is 16.9 Å². The van der Waals surface area contributed by atoms with E-state index in [1.165, 1.54) is 5.56 Å². The van der Waals surface area contributed by atoms with E-state index in [0.29, 0.717) is 13.0 Å². The zero-order chi connectivity index (χ0) is 15.9. The van der Waals surface area contributed by atoms with Crippen LogP contribution < -0.4 is 10.1 Å². The van der Waals surface area contributed by atoms with Crippen molar-refractivity contribution < 1.29 is 9.53 Å². The van der Waals surface area contributed by atoms with Crippen LogP contribution >= 0.6 is 0 Å². The normalized spacial score (nSPS) is 11.8.